The second kappa shape index (κ2) is 10.8. The minimum atomic E-state index is -4.75. The molecule has 3 aromatic carbocycles. The van der Waals surface area contributed by atoms with Gasteiger partial charge in [-0.25, -0.2) is 4.39 Å². The molecular weight excluding hydrogens is 535 g/mol. The number of hydrogen-bond acceptors (Lipinski definition) is 2. The van der Waals surface area contributed by atoms with E-state index in [9.17, 15) is 17.6 Å². The molecule has 0 bridgehead atoms. The second-order valence-corrected chi connectivity index (χ2v) is 9.60. The SMILES string of the molecule is Fc1cc(C(F)(F)F)cc(C(Cc2ccccc2)(NCc2cc(Cl)cc(Cl)c2)c2ccc(Cl)cn2)c1. The van der Waals surface area contributed by atoms with E-state index in [1.54, 1.807) is 30.3 Å². The van der Waals surface area contributed by atoms with Crippen molar-refractivity contribution in [3.63, 3.8) is 0 Å². The van der Waals surface area contributed by atoms with Crippen molar-refractivity contribution >= 4 is 34.8 Å². The fraction of sp³-hybridized carbons (Fsp3) is 0.148. The van der Waals surface area contributed by atoms with Crippen LogP contribution in [0.1, 0.15) is 27.9 Å². The zero-order valence-corrected chi connectivity index (χ0v) is 20.9. The number of pyridine rings is 1. The molecule has 4 aromatic rings. The third-order valence-electron chi connectivity index (χ3n) is 5.71. The Balaban J connectivity index is 1.93. The molecule has 0 aliphatic carbocycles. The van der Waals surface area contributed by atoms with Gasteiger partial charge in [0.2, 0.25) is 0 Å². The third kappa shape index (κ3) is 6.19. The molecule has 4 rings (SSSR count). The predicted molar refractivity (Wildman–Crippen MR) is 135 cm³/mol. The van der Waals surface area contributed by atoms with Crippen LogP contribution in [0.4, 0.5) is 17.6 Å². The van der Waals surface area contributed by atoms with Crippen LogP contribution in [0.5, 0.6) is 0 Å². The molecule has 2 nitrogen and oxygen atoms in total. The Hall–Kier alpha value is -2.64. The molecule has 0 spiro atoms. The van der Waals surface area contributed by atoms with Crippen molar-refractivity contribution in [1.29, 1.82) is 0 Å². The first-order valence-corrected chi connectivity index (χ1v) is 11.9. The number of alkyl halides is 3. The standard InChI is InChI=1S/C27H19Cl3F4N2/c28-21-6-7-25(35-16-21)26(14-17-4-2-1-3-5-17,36-15-18-8-22(29)13-23(30)9-18)19-10-20(27(32,33)34)12-24(31)11-19/h1-13,16,36H,14-15H2. The number of nitrogens with one attached hydrogen (secondary N) is 1. The molecule has 0 radical (unpaired) electrons. The predicted octanol–water partition coefficient (Wildman–Crippen LogP) is 8.48. The molecular formula is C27H19Cl3F4N2. The first kappa shape index (κ1) is 26.4. The van der Waals surface area contributed by atoms with Crippen molar-refractivity contribution in [1.82, 2.24) is 10.3 Å². The van der Waals surface area contributed by atoms with E-state index in [2.05, 4.69) is 10.3 Å². The number of halogens is 7. The van der Waals surface area contributed by atoms with Gasteiger partial charge in [0.15, 0.2) is 0 Å². The Morgan fingerprint density at radius 1 is 0.722 bits per heavy atom. The Labute approximate surface area is 220 Å². The molecule has 1 unspecified atom stereocenters. The molecule has 0 fully saturated rings. The highest BCUT2D eigenvalue weighted by molar-refractivity contribution is 6.34. The quantitative estimate of drug-likeness (QED) is 0.232. The summed E-state index contributed by atoms with van der Waals surface area (Å²) in [6.07, 6.45) is -3.18. The molecule has 0 saturated heterocycles. The molecule has 9 heteroatoms. The van der Waals surface area contributed by atoms with E-state index in [0.29, 0.717) is 32.4 Å². The minimum Gasteiger partial charge on any atom is -0.298 e. The zero-order valence-electron chi connectivity index (χ0n) is 18.6. The van der Waals surface area contributed by atoms with Gasteiger partial charge in [0.1, 0.15) is 5.82 Å². The van der Waals surface area contributed by atoms with Crippen LogP contribution < -0.4 is 5.32 Å². The number of hydrogen-bond donors (Lipinski definition) is 1. The van der Waals surface area contributed by atoms with Crippen molar-refractivity contribution < 1.29 is 17.6 Å². The summed E-state index contributed by atoms with van der Waals surface area (Å²) in [4.78, 5) is 4.44. The van der Waals surface area contributed by atoms with E-state index in [-0.39, 0.29) is 18.5 Å². The average molecular weight is 554 g/mol. The summed E-state index contributed by atoms with van der Waals surface area (Å²) in [5, 5.41) is 4.52. The average Bonchev–Trinajstić information content (AvgIpc) is 2.81. The van der Waals surface area contributed by atoms with Crippen molar-refractivity contribution in [2.75, 3.05) is 0 Å². The minimum absolute atomic E-state index is 0.0571. The highest BCUT2D eigenvalue weighted by Crippen LogP contribution is 2.38. The third-order valence-corrected chi connectivity index (χ3v) is 6.37. The topological polar surface area (TPSA) is 24.9 Å². The van der Waals surface area contributed by atoms with E-state index in [4.69, 9.17) is 34.8 Å². The van der Waals surface area contributed by atoms with Gasteiger partial charge >= 0.3 is 6.18 Å². The molecule has 0 saturated carbocycles. The van der Waals surface area contributed by atoms with Gasteiger partial charge in [-0.3, -0.25) is 10.3 Å². The highest BCUT2D eigenvalue weighted by Gasteiger charge is 2.39. The first-order valence-electron chi connectivity index (χ1n) is 10.8. The van der Waals surface area contributed by atoms with E-state index in [1.165, 1.54) is 6.20 Å². The molecule has 1 atom stereocenters. The summed E-state index contributed by atoms with van der Waals surface area (Å²) in [5.74, 6) is -1.01. The molecule has 1 aromatic heterocycles. The first-order chi connectivity index (χ1) is 17.0. The fourth-order valence-corrected chi connectivity index (χ4v) is 4.77. The van der Waals surface area contributed by atoms with Gasteiger partial charge in [-0.15, -0.1) is 0 Å². The van der Waals surface area contributed by atoms with Gasteiger partial charge in [0.25, 0.3) is 0 Å². The maximum absolute atomic E-state index is 14.7. The molecule has 0 amide bonds. The van der Waals surface area contributed by atoms with Crippen LogP contribution in [0, 0.1) is 5.82 Å². The van der Waals surface area contributed by atoms with Crippen LogP contribution in [0.25, 0.3) is 0 Å². The normalized spacial score (nSPS) is 13.4. The van der Waals surface area contributed by atoms with Crippen molar-refractivity contribution in [3.8, 4) is 0 Å². The van der Waals surface area contributed by atoms with Gasteiger partial charge in [0.05, 0.1) is 21.8 Å². The van der Waals surface area contributed by atoms with Gasteiger partial charge in [-0.1, -0.05) is 65.1 Å². The number of nitrogens with zero attached hydrogens (tertiary/aromatic N) is 1. The van der Waals surface area contributed by atoms with Crippen LogP contribution in [0.3, 0.4) is 0 Å². The molecule has 0 aliphatic heterocycles. The van der Waals surface area contributed by atoms with Crippen molar-refractivity contribution in [2.24, 2.45) is 0 Å². The molecule has 1 heterocycles. The van der Waals surface area contributed by atoms with Crippen LogP contribution in [-0.4, -0.2) is 4.98 Å². The number of benzene rings is 3. The van der Waals surface area contributed by atoms with E-state index < -0.39 is 23.1 Å². The summed E-state index contributed by atoms with van der Waals surface area (Å²) in [7, 11) is 0. The van der Waals surface area contributed by atoms with Crippen LogP contribution in [-0.2, 0) is 24.7 Å². The Bertz CT molecular complexity index is 1330. The van der Waals surface area contributed by atoms with E-state index >= 15 is 0 Å². The Morgan fingerprint density at radius 3 is 2.00 bits per heavy atom. The Kier molecular flexibility index (Phi) is 7.90. The highest BCUT2D eigenvalue weighted by atomic mass is 35.5. The maximum atomic E-state index is 14.7. The summed E-state index contributed by atoms with van der Waals surface area (Å²) in [5.41, 5.74) is -0.571. The van der Waals surface area contributed by atoms with Gasteiger partial charge < -0.3 is 0 Å². The molecule has 0 aliphatic rings. The smallest absolute Gasteiger partial charge is 0.298 e. The second-order valence-electron chi connectivity index (χ2n) is 8.29. The lowest BCUT2D eigenvalue weighted by Crippen LogP contribution is -2.46. The van der Waals surface area contributed by atoms with Crippen molar-refractivity contribution in [3.05, 3.63) is 134 Å². The fourth-order valence-electron chi connectivity index (χ4n) is 4.09. The van der Waals surface area contributed by atoms with Crippen LogP contribution >= 0.6 is 34.8 Å². The molecule has 36 heavy (non-hydrogen) atoms. The molecule has 186 valence electrons. The van der Waals surface area contributed by atoms with Gasteiger partial charge in [-0.05, 0) is 65.2 Å². The largest absolute Gasteiger partial charge is 0.416 e. The van der Waals surface area contributed by atoms with Crippen LogP contribution in [0.2, 0.25) is 15.1 Å². The lowest BCUT2D eigenvalue weighted by molar-refractivity contribution is -0.137. The van der Waals surface area contributed by atoms with E-state index in [0.717, 1.165) is 17.7 Å². The maximum Gasteiger partial charge on any atom is 0.416 e. The summed E-state index contributed by atoms with van der Waals surface area (Å²) in [6.45, 7) is 0.148. The number of aromatic nitrogens is 1. The zero-order chi connectivity index (χ0) is 25.9. The lowest BCUT2D eigenvalue weighted by Gasteiger charge is -2.36. The van der Waals surface area contributed by atoms with E-state index in [1.807, 2.05) is 30.3 Å². The number of rotatable bonds is 7. The summed E-state index contributed by atoms with van der Waals surface area (Å²) >= 11 is 18.4. The molecule has 1 N–H and O–H groups in total. The summed E-state index contributed by atoms with van der Waals surface area (Å²) < 4.78 is 55.8. The summed E-state index contributed by atoms with van der Waals surface area (Å²) in [6, 6.07) is 19.8. The monoisotopic (exact) mass is 552 g/mol. The Morgan fingerprint density at radius 2 is 1.39 bits per heavy atom. The van der Waals surface area contributed by atoms with Gasteiger partial charge in [-0.2, -0.15) is 13.2 Å². The van der Waals surface area contributed by atoms with Crippen molar-refractivity contribution in [2.45, 2.75) is 24.7 Å². The van der Waals surface area contributed by atoms with Gasteiger partial charge in [0, 0.05) is 29.2 Å². The lowest BCUT2D eigenvalue weighted by atomic mass is 9.79. The van der Waals surface area contributed by atoms with Crippen LogP contribution in [0.15, 0.2) is 85.1 Å².